The Hall–Kier alpha value is -1.71. The molecule has 0 aliphatic rings. The van der Waals surface area contributed by atoms with Crippen molar-refractivity contribution in [1.29, 1.82) is 0 Å². The van der Waals surface area contributed by atoms with Crippen LogP contribution in [-0.2, 0) is 19.6 Å². The number of rotatable bonds is 7. The first-order chi connectivity index (χ1) is 10.6. The lowest BCUT2D eigenvalue weighted by Crippen LogP contribution is -2.46. The SMILES string of the molecule is CC(=O)NCCN(C(C)C(=O)O)S(=O)(=O)c1ccc(Cl)cc1F. The van der Waals surface area contributed by atoms with Crippen molar-refractivity contribution in [3.63, 3.8) is 0 Å². The van der Waals surface area contributed by atoms with Crippen LogP contribution in [0.4, 0.5) is 4.39 Å². The molecule has 1 amide bonds. The number of aliphatic carboxylic acids is 1. The molecule has 0 heterocycles. The maximum absolute atomic E-state index is 13.9. The molecule has 0 radical (unpaired) electrons. The van der Waals surface area contributed by atoms with E-state index in [9.17, 15) is 22.4 Å². The summed E-state index contributed by atoms with van der Waals surface area (Å²) in [7, 11) is -4.42. The van der Waals surface area contributed by atoms with Crippen LogP contribution < -0.4 is 5.32 Å². The molecular formula is C13H16ClFN2O5S. The van der Waals surface area contributed by atoms with Crippen molar-refractivity contribution in [2.24, 2.45) is 0 Å². The Morgan fingerprint density at radius 1 is 1.43 bits per heavy atom. The molecule has 0 saturated heterocycles. The molecule has 1 aromatic rings. The van der Waals surface area contributed by atoms with E-state index in [1.165, 1.54) is 13.0 Å². The molecule has 128 valence electrons. The number of nitrogens with zero attached hydrogens (tertiary/aromatic N) is 1. The van der Waals surface area contributed by atoms with Gasteiger partial charge in [-0.25, -0.2) is 12.8 Å². The van der Waals surface area contributed by atoms with Crippen LogP contribution in [0, 0.1) is 5.82 Å². The van der Waals surface area contributed by atoms with Crippen LogP contribution in [-0.4, -0.2) is 48.8 Å². The van der Waals surface area contributed by atoms with E-state index < -0.39 is 38.7 Å². The van der Waals surface area contributed by atoms with E-state index in [1.807, 2.05) is 0 Å². The minimum absolute atomic E-state index is 0.0116. The predicted octanol–water partition coefficient (Wildman–Crippen LogP) is 1.08. The van der Waals surface area contributed by atoms with Crippen molar-refractivity contribution >= 4 is 33.5 Å². The zero-order chi connectivity index (χ0) is 17.8. The van der Waals surface area contributed by atoms with Gasteiger partial charge < -0.3 is 10.4 Å². The van der Waals surface area contributed by atoms with Crippen molar-refractivity contribution in [3.8, 4) is 0 Å². The van der Waals surface area contributed by atoms with Gasteiger partial charge in [-0.1, -0.05) is 11.6 Å². The summed E-state index contributed by atoms with van der Waals surface area (Å²) in [6.45, 7) is 1.96. The van der Waals surface area contributed by atoms with Crippen LogP contribution in [0.3, 0.4) is 0 Å². The standard InChI is InChI=1S/C13H16ClFN2O5S/c1-8(13(19)20)17(6-5-16-9(2)18)23(21,22)12-4-3-10(14)7-11(12)15/h3-4,7-8H,5-6H2,1-2H3,(H,16,18)(H,19,20). The van der Waals surface area contributed by atoms with Crippen LogP contribution in [0.2, 0.25) is 5.02 Å². The van der Waals surface area contributed by atoms with Gasteiger partial charge in [-0.15, -0.1) is 0 Å². The summed E-state index contributed by atoms with van der Waals surface area (Å²) in [5.74, 6) is -2.88. The summed E-state index contributed by atoms with van der Waals surface area (Å²) in [4.78, 5) is 21.3. The Morgan fingerprint density at radius 3 is 2.52 bits per heavy atom. The molecule has 0 aliphatic carbocycles. The number of amides is 1. The van der Waals surface area contributed by atoms with Crippen LogP contribution in [0.5, 0.6) is 0 Å². The van der Waals surface area contributed by atoms with Crippen molar-refractivity contribution in [3.05, 3.63) is 29.0 Å². The molecule has 0 aromatic heterocycles. The lowest BCUT2D eigenvalue weighted by atomic mass is 10.3. The van der Waals surface area contributed by atoms with E-state index in [-0.39, 0.29) is 18.1 Å². The molecule has 1 rings (SSSR count). The van der Waals surface area contributed by atoms with E-state index in [2.05, 4.69) is 5.32 Å². The van der Waals surface area contributed by atoms with Crippen molar-refractivity contribution in [2.45, 2.75) is 24.8 Å². The Kier molecular flexibility index (Phi) is 6.48. The highest BCUT2D eigenvalue weighted by Crippen LogP contribution is 2.23. The maximum Gasteiger partial charge on any atom is 0.321 e. The Balaban J connectivity index is 3.21. The summed E-state index contributed by atoms with van der Waals surface area (Å²) in [6, 6.07) is 1.54. The first-order valence-corrected chi connectivity index (χ1v) is 8.33. The van der Waals surface area contributed by atoms with Crippen molar-refractivity contribution in [1.82, 2.24) is 9.62 Å². The molecule has 0 bridgehead atoms. The van der Waals surface area contributed by atoms with Gasteiger partial charge in [0.25, 0.3) is 0 Å². The molecule has 1 aromatic carbocycles. The number of carbonyl (C=O) groups is 2. The second-order valence-electron chi connectivity index (χ2n) is 4.69. The van der Waals surface area contributed by atoms with E-state index in [0.29, 0.717) is 4.31 Å². The van der Waals surface area contributed by atoms with Gasteiger partial charge in [0.15, 0.2) is 0 Å². The second-order valence-corrected chi connectivity index (χ2v) is 6.98. The molecule has 1 atom stereocenters. The number of hydrogen-bond acceptors (Lipinski definition) is 4. The van der Waals surface area contributed by atoms with Gasteiger partial charge in [0.2, 0.25) is 15.9 Å². The predicted molar refractivity (Wildman–Crippen MR) is 81.1 cm³/mol. The summed E-state index contributed by atoms with van der Waals surface area (Å²) in [5.41, 5.74) is 0. The van der Waals surface area contributed by atoms with E-state index in [0.717, 1.165) is 19.1 Å². The normalized spacial score (nSPS) is 12.9. The molecular weight excluding hydrogens is 351 g/mol. The first-order valence-electron chi connectivity index (χ1n) is 6.51. The van der Waals surface area contributed by atoms with Crippen molar-refractivity contribution < 1.29 is 27.5 Å². The zero-order valence-corrected chi connectivity index (χ0v) is 14.0. The topological polar surface area (TPSA) is 104 Å². The second kappa shape index (κ2) is 7.71. The molecule has 10 heteroatoms. The third-order valence-corrected chi connectivity index (χ3v) is 5.21. The third kappa shape index (κ3) is 4.88. The van der Waals surface area contributed by atoms with Crippen LogP contribution in [0.25, 0.3) is 0 Å². The number of halogens is 2. The minimum Gasteiger partial charge on any atom is -0.480 e. The number of carbonyl (C=O) groups excluding carboxylic acids is 1. The fourth-order valence-corrected chi connectivity index (χ4v) is 3.59. The summed E-state index contributed by atoms with van der Waals surface area (Å²) in [5, 5.41) is 11.5. The largest absolute Gasteiger partial charge is 0.480 e. The quantitative estimate of drug-likeness (QED) is 0.751. The maximum atomic E-state index is 13.9. The minimum atomic E-state index is -4.42. The summed E-state index contributed by atoms with van der Waals surface area (Å²) < 4.78 is 39.6. The highest BCUT2D eigenvalue weighted by atomic mass is 35.5. The van der Waals surface area contributed by atoms with Gasteiger partial charge in [0.05, 0.1) is 0 Å². The molecule has 0 aliphatic heterocycles. The van der Waals surface area contributed by atoms with Crippen LogP contribution >= 0.6 is 11.6 Å². The Morgan fingerprint density at radius 2 is 2.04 bits per heavy atom. The van der Waals surface area contributed by atoms with Gasteiger partial charge in [-0.3, -0.25) is 9.59 Å². The van der Waals surface area contributed by atoms with E-state index in [1.54, 1.807) is 0 Å². The van der Waals surface area contributed by atoms with Gasteiger partial charge in [0, 0.05) is 25.0 Å². The third-order valence-electron chi connectivity index (χ3n) is 2.98. The fourth-order valence-electron chi connectivity index (χ4n) is 1.80. The molecule has 1 unspecified atom stereocenters. The summed E-state index contributed by atoms with van der Waals surface area (Å²) in [6.07, 6.45) is 0. The molecule has 2 N–H and O–H groups in total. The van der Waals surface area contributed by atoms with E-state index in [4.69, 9.17) is 16.7 Å². The zero-order valence-electron chi connectivity index (χ0n) is 12.4. The van der Waals surface area contributed by atoms with Gasteiger partial charge in [-0.2, -0.15) is 4.31 Å². The smallest absolute Gasteiger partial charge is 0.321 e. The van der Waals surface area contributed by atoms with Crippen LogP contribution in [0.1, 0.15) is 13.8 Å². The monoisotopic (exact) mass is 366 g/mol. The fraction of sp³-hybridized carbons (Fsp3) is 0.385. The molecule has 0 saturated carbocycles. The first kappa shape index (κ1) is 19.3. The number of hydrogen-bond donors (Lipinski definition) is 2. The van der Waals surface area contributed by atoms with Crippen molar-refractivity contribution in [2.75, 3.05) is 13.1 Å². The lowest BCUT2D eigenvalue weighted by Gasteiger charge is -2.26. The molecule has 7 nitrogen and oxygen atoms in total. The lowest BCUT2D eigenvalue weighted by molar-refractivity contribution is -0.140. The van der Waals surface area contributed by atoms with Gasteiger partial charge in [0.1, 0.15) is 16.8 Å². The van der Waals surface area contributed by atoms with Gasteiger partial charge >= 0.3 is 5.97 Å². The highest BCUT2D eigenvalue weighted by molar-refractivity contribution is 7.89. The van der Waals surface area contributed by atoms with Gasteiger partial charge in [-0.05, 0) is 25.1 Å². The number of sulfonamides is 1. The van der Waals surface area contributed by atoms with E-state index >= 15 is 0 Å². The Bertz CT molecular complexity index is 710. The number of carboxylic acids is 1. The van der Waals surface area contributed by atoms with Crippen LogP contribution in [0.15, 0.2) is 23.1 Å². The number of benzene rings is 1. The number of nitrogens with one attached hydrogen (secondary N) is 1. The number of carboxylic acid groups (broad SMARTS) is 1. The molecule has 0 fully saturated rings. The molecule has 23 heavy (non-hydrogen) atoms. The highest BCUT2D eigenvalue weighted by Gasteiger charge is 2.34. The molecule has 0 spiro atoms. The Labute approximate surface area is 138 Å². The summed E-state index contributed by atoms with van der Waals surface area (Å²) >= 11 is 5.59. The average molecular weight is 367 g/mol. The average Bonchev–Trinajstić information content (AvgIpc) is 2.41.